The molecule has 0 bridgehead atoms. The van der Waals surface area contributed by atoms with Gasteiger partial charge in [-0.2, -0.15) is 0 Å². The summed E-state index contributed by atoms with van der Waals surface area (Å²) in [6.07, 6.45) is 0. The standard InChI is InChI=1S/H3NO2.H2O2/c2-1-3;1-2/h1-3H;1-2H. The van der Waals surface area contributed by atoms with Gasteiger partial charge < -0.3 is 0 Å². The van der Waals surface area contributed by atoms with Crippen LogP contribution in [0, 0.1) is 0 Å². The van der Waals surface area contributed by atoms with Crippen molar-refractivity contribution in [3.05, 3.63) is 0 Å². The van der Waals surface area contributed by atoms with E-state index in [-0.39, 0.29) is 0 Å². The van der Waals surface area contributed by atoms with E-state index < -0.39 is 0 Å². The third-order valence-corrected chi connectivity index (χ3v) is 0. The first-order valence-corrected chi connectivity index (χ1v) is 0.647. The Balaban J connectivity index is 0. The smallest absolute Gasteiger partial charge is 0.0853 e. The monoisotopic (exact) mass is 83.0 g/mol. The van der Waals surface area contributed by atoms with Crippen molar-refractivity contribution in [2.45, 2.75) is 0 Å². The molecular formula is H5NO4. The van der Waals surface area contributed by atoms with Gasteiger partial charge >= 0.3 is 0 Å². The van der Waals surface area contributed by atoms with Crippen molar-refractivity contribution in [2.75, 3.05) is 0 Å². The molecule has 5 heteroatoms. The second kappa shape index (κ2) is 46.5. The van der Waals surface area contributed by atoms with Crippen LogP contribution in [0.2, 0.25) is 0 Å². The van der Waals surface area contributed by atoms with Crippen LogP contribution in [-0.2, 0) is 0 Å². The second-order valence-electron chi connectivity index (χ2n) is 0.100. The van der Waals surface area contributed by atoms with E-state index >= 15 is 0 Å². The molecule has 0 rings (SSSR count). The molecule has 0 aliphatic carbocycles. The zero-order valence-corrected chi connectivity index (χ0v) is 2.29. The van der Waals surface area contributed by atoms with Crippen molar-refractivity contribution in [1.82, 2.24) is 5.64 Å². The lowest BCUT2D eigenvalue weighted by molar-refractivity contribution is -0.176. The van der Waals surface area contributed by atoms with Crippen molar-refractivity contribution in [3.63, 3.8) is 0 Å². The van der Waals surface area contributed by atoms with E-state index in [0.29, 0.717) is 0 Å². The topological polar surface area (TPSA) is 93.0 Å². The summed E-state index contributed by atoms with van der Waals surface area (Å²) in [6, 6.07) is 0. The molecule has 5 heavy (non-hydrogen) atoms. The van der Waals surface area contributed by atoms with Crippen molar-refractivity contribution < 1.29 is 20.9 Å². The molecule has 34 valence electrons. The summed E-state index contributed by atoms with van der Waals surface area (Å²) in [7, 11) is 0. The van der Waals surface area contributed by atoms with Crippen LogP contribution in [0.15, 0.2) is 0 Å². The molecule has 0 aromatic heterocycles. The Morgan fingerprint density at radius 1 is 1.00 bits per heavy atom. The second-order valence-corrected chi connectivity index (χ2v) is 0.100. The normalized spacial score (nSPS) is 4.80. The molecule has 0 aromatic rings. The Bertz CT molecular complexity index is 3.61. The lowest BCUT2D eigenvalue weighted by atomic mass is 13.3. The Hall–Kier alpha value is -0.200. The molecule has 0 unspecified atom stereocenters. The molecule has 0 aliphatic rings. The molecule has 0 saturated heterocycles. The van der Waals surface area contributed by atoms with Gasteiger partial charge in [0, 0.05) is 0 Å². The van der Waals surface area contributed by atoms with Crippen molar-refractivity contribution >= 4 is 0 Å². The van der Waals surface area contributed by atoms with Crippen LogP contribution in [0.25, 0.3) is 0 Å². The van der Waals surface area contributed by atoms with E-state index in [9.17, 15) is 0 Å². The average Bonchev–Trinajstić information content (AvgIpc) is 1.46. The minimum Gasteiger partial charge on any atom is -0.292 e. The van der Waals surface area contributed by atoms with Gasteiger partial charge in [0.05, 0.1) is 0 Å². The maximum atomic E-state index is 6.88. The van der Waals surface area contributed by atoms with Gasteiger partial charge in [0.2, 0.25) is 0 Å². The molecule has 0 saturated carbocycles. The van der Waals surface area contributed by atoms with Crippen molar-refractivity contribution in [3.8, 4) is 0 Å². The minimum absolute atomic E-state index is 0.750. The fourth-order valence-electron chi connectivity index (χ4n) is 0. The molecule has 5 nitrogen and oxygen atoms in total. The number of hydrogen-bond donors (Lipinski definition) is 5. The van der Waals surface area contributed by atoms with E-state index in [2.05, 4.69) is 0 Å². The van der Waals surface area contributed by atoms with Crippen LogP contribution >= 0.6 is 0 Å². The van der Waals surface area contributed by atoms with Gasteiger partial charge in [-0.25, -0.2) is 0 Å². The maximum Gasteiger partial charge on any atom is -0.0853 e. The van der Waals surface area contributed by atoms with Gasteiger partial charge in [-0.1, -0.05) is 5.64 Å². The van der Waals surface area contributed by atoms with Crippen LogP contribution in [-0.4, -0.2) is 20.9 Å². The van der Waals surface area contributed by atoms with Crippen LogP contribution in [0.3, 0.4) is 0 Å². The first-order valence-electron chi connectivity index (χ1n) is 0.647. The fraction of sp³-hybridized carbons (Fsp3) is 0. The molecule has 0 fully saturated rings. The number of nitrogens with one attached hydrogen (secondary N) is 1. The first-order chi connectivity index (χ1) is 2.41. The molecule has 5 N–H and O–H groups in total. The number of hydrogen-bond acceptors (Lipinski definition) is 5. The molecule has 0 spiro atoms. The highest BCUT2D eigenvalue weighted by Gasteiger charge is 1.23. The molecule has 0 radical (unpaired) electrons. The summed E-state index contributed by atoms with van der Waals surface area (Å²) >= 11 is 0. The molecule has 0 amide bonds. The molecule has 0 atom stereocenters. The van der Waals surface area contributed by atoms with E-state index in [0.717, 1.165) is 5.64 Å². The molecular weight excluding hydrogens is 78.0 g/mol. The Labute approximate surface area is 27.9 Å². The zero-order chi connectivity index (χ0) is 4.71. The van der Waals surface area contributed by atoms with E-state index in [4.69, 9.17) is 20.9 Å². The Morgan fingerprint density at radius 2 is 1.00 bits per heavy atom. The largest absolute Gasteiger partial charge is 0.292 e. The van der Waals surface area contributed by atoms with Gasteiger partial charge in [-0.3, -0.25) is 20.9 Å². The predicted molar refractivity (Wildman–Crippen MR) is 12.0 cm³/mol. The number of rotatable bonds is 0. The Morgan fingerprint density at radius 3 is 1.00 bits per heavy atom. The van der Waals surface area contributed by atoms with Crippen LogP contribution in [0.5, 0.6) is 0 Å². The fourth-order valence-corrected chi connectivity index (χ4v) is 0. The molecule has 0 heterocycles. The highest BCUT2D eigenvalue weighted by molar-refractivity contribution is 3.07. The quantitative estimate of drug-likeness (QED) is 0.198. The van der Waals surface area contributed by atoms with Gasteiger partial charge in [0.1, 0.15) is 0 Å². The van der Waals surface area contributed by atoms with E-state index in [1.54, 1.807) is 0 Å². The highest BCUT2D eigenvalue weighted by Crippen LogP contribution is 0.931. The van der Waals surface area contributed by atoms with Gasteiger partial charge in [0.25, 0.3) is 0 Å². The van der Waals surface area contributed by atoms with E-state index in [1.165, 1.54) is 0 Å². The SMILES string of the molecule is ONO.OO. The summed E-state index contributed by atoms with van der Waals surface area (Å²) in [4.78, 5) is 0. The molecule has 0 aromatic carbocycles. The lowest BCUT2D eigenvalue weighted by Crippen LogP contribution is -1.93. The highest BCUT2D eigenvalue weighted by atomic mass is 17.0. The summed E-state index contributed by atoms with van der Waals surface area (Å²) in [5.74, 6) is 0. The molecule has 0 aliphatic heterocycles. The lowest BCUT2D eigenvalue weighted by Gasteiger charge is -1.61. The zero-order valence-electron chi connectivity index (χ0n) is 2.29. The summed E-state index contributed by atoms with van der Waals surface area (Å²) in [5, 5.41) is 25.8. The summed E-state index contributed by atoms with van der Waals surface area (Å²) < 4.78 is 0. The van der Waals surface area contributed by atoms with Gasteiger partial charge in [-0.05, 0) is 0 Å². The van der Waals surface area contributed by atoms with Crippen LogP contribution in [0.1, 0.15) is 0 Å². The van der Waals surface area contributed by atoms with Crippen LogP contribution in [0.4, 0.5) is 0 Å². The van der Waals surface area contributed by atoms with Crippen molar-refractivity contribution in [1.29, 1.82) is 0 Å². The maximum absolute atomic E-state index is 6.88. The van der Waals surface area contributed by atoms with E-state index in [1.807, 2.05) is 0 Å². The predicted octanol–water partition coefficient (Wildman–Crippen LogP) is -0.628. The third-order valence-electron chi connectivity index (χ3n) is 0. The third kappa shape index (κ3) is 308. The van der Waals surface area contributed by atoms with Gasteiger partial charge in [-0.15, -0.1) is 0 Å². The average molecular weight is 83.0 g/mol. The Kier molecular flexibility index (Phi) is 82.3. The summed E-state index contributed by atoms with van der Waals surface area (Å²) in [6.45, 7) is 0. The van der Waals surface area contributed by atoms with Crippen LogP contribution < -0.4 is 5.64 Å². The first kappa shape index (κ1) is 8.84. The van der Waals surface area contributed by atoms with Gasteiger partial charge in [0.15, 0.2) is 0 Å². The minimum atomic E-state index is 0.750. The summed E-state index contributed by atoms with van der Waals surface area (Å²) in [5.41, 5.74) is 0.750. The van der Waals surface area contributed by atoms with Crippen molar-refractivity contribution in [2.24, 2.45) is 0 Å².